The lowest BCUT2D eigenvalue weighted by molar-refractivity contribution is 0.158. The number of likely N-dealkylation sites (tertiary alicyclic amines) is 1. The first-order valence-electron chi connectivity index (χ1n) is 8.27. The third-order valence-corrected chi connectivity index (χ3v) is 3.96. The van der Waals surface area contributed by atoms with Gasteiger partial charge in [0.15, 0.2) is 5.96 Å². The molecule has 0 saturated carbocycles. The van der Waals surface area contributed by atoms with Crippen molar-refractivity contribution < 1.29 is 8.78 Å². The fourth-order valence-electron chi connectivity index (χ4n) is 2.87. The highest BCUT2D eigenvalue weighted by Crippen LogP contribution is 2.19. The molecule has 0 bridgehead atoms. The van der Waals surface area contributed by atoms with E-state index < -0.39 is 13.0 Å². The van der Waals surface area contributed by atoms with Gasteiger partial charge in [0.05, 0.1) is 0 Å². The van der Waals surface area contributed by atoms with E-state index in [4.69, 9.17) is 0 Å². The highest BCUT2D eigenvalue weighted by molar-refractivity contribution is 14.0. The van der Waals surface area contributed by atoms with Gasteiger partial charge in [0.1, 0.15) is 6.54 Å². The van der Waals surface area contributed by atoms with Gasteiger partial charge in [-0.25, -0.2) is 13.8 Å². The summed E-state index contributed by atoms with van der Waals surface area (Å²) in [6.07, 6.45) is -0.121. The predicted molar refractivity (Wildman–Crippen MR) is 105 cm³/mol. The topological polar surface area (TPSA) is 39.7 Å². The number of nitrogens with one attached hydrogen (secondary N) is 2. The van der Waals surface area contributed by atoms with Gasteiger partial charge in [0.2, 0.25) is 0 Å². The van der Waals surface area contributed by atoms with E-state index in [-0.39, 0.29) is 24.0 Å². The Bertz CT molecular complexity index is 485. The van der Waals surface area contributed by atoms with Crippen molar-refractivity contribution >= 4 is 29.9 Å². The minimum atomic E-state index is -2.41. The van der Waals surface area contributed by atoms with Crippen molar-refractivity contribution in [3.63, 3.8) is 0 Å². The highest BCUT2D eigenvalue weighted by atomic mass is 127. The molecule has 1 heterocycles. The predicted octanol–water partition coefficient (Wildman–Crippen LogP) is 3.09. The number of alkyl halides is 2. The summed E-state index contributed by atoms with van der Waals surface area (Å²) in [5.74, 6) is 0.472. The summed E-state index contributed by atoms with van der Waals surface area (Å²) in [7, 11) is 0. The largest absolute Gasteiger partial charge is 0.357 e. The SMILES string of the molecule is CCNC(=NCC(F)F)NCC1CCCN1Cc1ccccc1.I. The van der Waals surface area contributed by atoms with Gasteiger partial charge >= 0.3 is 0 Å². The van der Waals surface area contributed by atoms with Crippen LogP contribution in [0.2, 0.25) is 0 Å². The van der Waals surface area contributed by atoms with Crippen LogP contribution in [-0.2, 0) is 6.54 Å². The Labute approximate surface area is 160 Å². The van der Waals surface area contributed by atoms with Crippen LogP contribution in [-0.4, -0.2) is 49.5 Å². The van der Waals surface area contributed by atoms with Crippen LogP contribution in [0.3, 0.4) is 0 Å². The average Bonchev–Trinajstić information content (AvgIpc) is 2.98. The summed E-state index contributed by atoms with van der Waals surface area (Å²) in [5.41, 5.74) is 1.30. The molecule has 1 aromatic carbocycles. The summed E-state index contributed by atoms with van der Waals surface area (Å²) in [5, 5.41) is 6.21. The fraction of sp³-hybridized carbons (Fsp3) is 0.588. The quantitative estimate of drug-likeness (QED) is 0.380. The lowest BCUT2D eigenvalue weighted by Crippen LogP contribution is -2.44. The maximum absolute atomic E-state index is 12.3. The van der Waals surface area contributed by atoms with Crippen LogP contribution in [0.15, 0.2) is 35.3 Å². The summed E-state index contributed by atoms with van der Waals surface area (Å²) in [6.45, 7) is 4.85. The van der Waals surface area contributed by atoms with Crippen molar-refractivity contribution in [1.82, 2.24) is 15.5 Å². The summed E-state index contributed by atoms with van der Waals surface area (Å²) >= 11 is 0. The van der Waals surface area contributed by atoms with Crippen LogP contribution in [0, 0.1) is 0 Å². The van der Waals surface area contributed by atoms with E-state index >= 15 is 0 Å². The van der Waals surface area contributed by atoms with Gasteiger partial charge in [-0.2, -0.15) is 0 Å². The van der Waals surface area contributed by atoms with Crippen molar-refractivity contribution in [2.24, 2.45) is 4.99 Å². The zero-order chi connectivity index (χ0) is 16.5. The highest BCUT2D eigenvalue weighted by Gasteiger charge is 2.24. The zero-order valence-corrected chi connectivity index (χ0v) is 16.4. The van der Waals surface area contributed by atoms with Crippen LogP contribution in [0.5, 0.6) is 0 Å². The Hall–Kier alpha value is -0.960. The van der Waals surface area contributed by atoms with Crippen LogP contribution in [0.25, 0.3) is 0 Å². The summed E-state index contributed by atoms with van der Waals surface area (Å²) in [4.78, 5) is 6.35. The number of hydrogen-bond donors (Lipinski definition) is 2. The van der Waals surface area contributed by atoms with Crippen LogP contribution >= 0.6 is 24.0 Å². The third-order valence-electron chi connectivity index (χ3n) is 3.96. The van der Waals surface area contributed by atoms with Crippen molar-refractivity contribution in [3.8, 4) is 0 Å². The van der Waals surface area contributed by atoms with Crippen molar-refractivity contribution in [1.29, 1.82) is 0 Å². The second-order valence-corrected chi connectivity index (χ2v) is 5.74. The van der Waals surface area contributed by atoms with E-state index in [2.05, 4.69) is 44.8 Å². The molecule has 1 aliphatic rings. The monoisotopic (exact) mass is 452 g/mol. The molecule has 136 valence electrons. The molecule has 2 N–H and O–H groups in total. The van der Waals surface area contributed by atoms with E-state index in [0.29, 0.717) is 18.5 Å². The number of nitrogens with zero attached hydrogens (tertiary/aromatic N) is 2. The molecule has 0 aromatic heterocycles. The standard InChI is InChI=1S/C17H26F2N4.HI/c1-2-20-17(22-12-16(18)19)21-11-15-9-6-10-23(15)13-14-7-4-3-5-8-14;/h3-5,7-8,15-16H,2,6,9-13H2,1H3,(H2,20,21,22);1H. The Morgan fingerprint density at radius 2 is 2.04 bits per heavy atom. The van der Waals surface area contributed by atoms with Crippen LogP contribution < -0.4 is 10.6 Å². The van der Waals surface area contributed by atoms with E-state index in [9.17, 15) is 8.78 Å². The first-order chi connectivity index (χ1) is 11.2. The van der Waals surface area contributed by atoms with E-state index in [1.807, 2.05) is 13.0 Å². The van der Waals surface area contributed by atoms with Crippen LogP contribution in [0.1, 0.15) is 25.3 Å². The normalized spacial score (nSPS) is 18.5. The van der Waals surface area contributed by atoms with Gasteiger partial charge < -0.3 is 10.6 Å². The lowest BCUT2D eigenvalue weighted by atomic mass is 10.2. The molecule has 0 spiro atoms. The molecule has 7 heteroatoms. The number of aliphatic imine (C=N–C) groups is 1. The average molecular weight is 452 g/mol. The van der Waals surface area contributed by atoms with E-state index in [0.717, 1.165) is 26.1 Å². The number of halogens is 3. The summed E-state index contributed by atoms with van der Waals surface area (Å²) in [6, 6.07) is 10.8. The van der Waals surface area contributed by atoms with E-state index in [1.54, 1.807) is 0 Å². The first kappa shape index (κ1) is 21.1. The first-order valence-corrected chi connectivity index (χ1v) is 8.27. The molecule has 1 atom stereocenters. The number of benzene rings is 1. The molecule has 1 fully saturated rings. The molecular formula is C17H27F2IN4. The molecule has 1 saturated heterocycles. The molecule has 2 rings (SSSR count). The Morgan fingerprint density at radius 3 is 2.71 bits per heavy atom. The molecule has 1 aliphatic heterocycles. The van der Waals surface area contributed by atoms with Gasteiger partial charge in [-0.05, 0) is 31.9 Å². The van der Waals surface area contributed by atoms with Crippen molar-refractivity contribution in [2.75, 3.05) is 26.2 Å². The Balaban J connectivity index is 0.00000288. The Kier molecular flexibility index (Phi) is 10.2. The summed E-state index contributed by atoms with van der Waals surface area (Å²) < 4.78 is 24.6. The number of rotatable bonds is 7. The molecule has 24 heavy (non-hydrogen) atoms. The Morgan fingerprint density at radius 1 is 1.29 bits per heavy atom. The number of hydrogen-bond acceptors (Lipinski definition) is 2. The second-order valence-electron chi connectivity index (χ2n) is 5.74. The maximum Gasteiger partial charge on any atom is 0.257 e. The van der Waals surface area contributed by atoms with Gasteiger partial charge in [-0.15, -0.1) is 24.0 Å². The third kappa shape index (κ3) is 7.29. The lowest BCUT2D eigenvalue weighted by Gasteiger charge is -2.25. The molecule has 1 aromatic rings. The van der Waals surface area contributed by atoms with Crippen LogP contribution in [0.4, 0.5) is 8.78 Å². The van der Waals surface area contributed by atoms with Gasteiger partial charge in [-0.3, -0.25) is 4.90 Å². The second kappa shape index (κ2) is 11.6. The minimum absolute atomic E-state index is 0. The van der Waals surface area contributed by atoms with Gasteiger partial charge in [0, 0.05) is 25.7 Å². The smallest absolute Gasteiger partial charge is 0.257 e. The number of guanidine groups is 1. The van der Waals surface area contributed by atoms with Gasteiger partial charge in [-0.1, -0.05) is 30.3 Å². The van der Waals surface area contributed by atoms with Gasteiger partial charge in [0.25, 0.3) is 6.43 Å². The van der Waals surface area contributed by atoms with Crippen molar-refractivity contribution in [3.05, 3.63) is 35.9 Å². The fourth-order valence-corrected chi connectivity index (χ4v) is 2.87. The molecule has 4 nitrogen and oxygen atoms in total. The zero-order valence-electron chi connectivity index (χ0n) is 14.0. The molecule has 1 unspecified atom stereocenters. The molecule has 0 radical (unpaired) electrons. The molecule has 0 aliphatic carbocycles. The minimum Gasteiger partial charge on any atom is -0.357 e. The van der Waals surface area contributed by atoms with Crippen molar-refractivity contribution in [2.45, 2.75) is 38.8 Å². The maximum atomic E-state index is 12.3. The molecule has 0 amide bonds. The molecular weight excluding hydrogens is 425 g/mol. The van der Waals surface area contributed by atoms with E-state index in [1.165, 1.54) is 12.0 Å².